The second-order valence-corrected chi connectivity index (χ2v) is 2.94. The predicted octanol–water partition coefficient (Wildman–Crippen LogP) is 2.27. The van der Waals surface area contributed by atoms with Crippen LogP contribution in [0.5, 0.6) is 0 Å². The lowest BCUT2D eigenvalue weighted by Crippen LogP contribution is -2.09. The first-order valence-electron chi connectivity index (χ1n) is 4.21. The molecule has 0 radical (unpaired) electrons. The van der Waals surface area contributed by atoms with Crippen molar-refractivity contribution in [1.29, 1.82) is 0 Å². The molecule has 0 atom stereocenters. The van der Waals surface area contributed by atoms with Crippen LogP contribution in [0.15, 0.2) is 0 Å². The Morgan fingerprint density at radius 2 is 1.13 bits per heavy atom. The highest BCUT2D eigenvalue weighted by atomic mass is 19.2. The van der Waals surface area contributed by atoms with Gasteiger partial charge in [-0.1, -0.05) is 0 Å². The fraction of sp³-hybridized carbons (Fsp3) is 0.333. The third-order valence-corrected chi connectivity index (χ3v) is 1.93. The second kappa shape index (κ2) is 4.57. The molecule has 84 valence electrons. The molecule has 0 aliphatic heterocycles. The van der Waals surface area contributed by atoms with E-state index in [0.29, 0.717) is 0 Å². The lowest BCUT2D eigenvalue weighted by atomic mass is 10.1. The Labute approximate surface area is 82.7 Å². The quantitative estimate of drug-likeness (QED) is 0.476. The van der Waals surface area contributed by atoms with Crippen molar-refractivity contribution >= 4 is 0 Å². The smallest absolute Gasteiger partial charge is 0.200 e. The molecule has 0 saturated heterocycles. The van der Waals surface area contributed by atoms with Crippen molar-refractivity contribution in [2.45, 2.75) is 12.8 Å². The van der Waals surface area contributed by atoms with Gasteiger partial charge < -0.3 is 5.73 Å². The fourth-order valence-electron chi connectivity index (χ4n) is 1.15. The van der Waals surface area contributed by atoms with E-state index >= 15 is 0 Å². The summed E-state index contributed by atoms with van der Waals surface area (Å²) in [6.07, 6.45) is -0.124. The lowest BCUT2D eigenvalue weighted by Gasteiger charge is -2.07. The first kappa shape index (κ1) is 11.9. The molecule has 1 aromatic rings. The Kier molecular flexibility index (Phi) is 3.62. The van der Waals surface area contributed by atoms with E-state index in [1.807, 2.05) is 0 Å². The Hall–Kier alpha value is -1.17. The zero-order valence-corrected chi connectivity index (χ0v) is 7.59. The van der Waals surface area contributed by atoms with Gasteiger partial charge in [-0.3, -0.25) is 0 Å². The summed E-state index contributed by atoms with van der Waals surface area (Å²) in [5.74, 6) is -9.52. The van der Waals surface area contributed by atoms with Crippen molar-refractivity contribution in [2.24, 2.45) is 5.73 Å². The van der Waals surface area contributed by atoms with Crippen molar-refractivity contribution in [3.05, 3.63) is 34.6 Å². The Morgan fingerprint density at radius 1 is 0.733 bits per heavy atom. The van der Waals surface area contributed by atoms with Crippen LogP contribution in [0.4, 0.5) is 22.0 Å². The van der Waals surface area contributed by atoms with Gasteiger partial charge in [0.2, 0.25) is 5.82 Å². The molecule has 6 heteroatoms. The van der Waals surface area contributed by atoms with Crippen LogP contribution < -0.4 is 5.73 Å². The summed E-state index contributed by atoms with van der Waals surface area (Å²) in [6.45, 7) is 0.111. The molecule has 1 nitrogen and oxygen atoms in total. The van der Waals surface area contributed by atoms with Crippen molar-refractivity contribution < 1.29 is 22.0 Å². The minimum Gasteiger partial charge on any atom is -0.330 e. The molecule has 15 heavy (non-hydrogen) atoms. The Morgan fingerprint density at radius 3 is 1.53 bits per heavy atom. The van der Waals surface area contributed by atoms with Crippen molar-refractivity contribution in [3.63, 3.8) is 0 Å². The van der Waals surface area contributed by atoms with Crippen LogP contribution in [0.3, 0.4) is 0 Å². The number of rotatable bonds is 3. The summed E-state index contributed by atoms with van der Waals surface area (Å²) in [4.78, 5) is 0. The minimum absolute atomic E-state index is 0.111. The third kappa shape index (κ3) is 2.09. The zero-order valence-electron chi connectivity index (χ0n) is 7.59. The fourth-order valence-corrected chi connectivity index (χ4v) is 1.15. The van der Waals surface area contributed by atoms with Gasteiger partial charge in [-0.2, -0.15) is 0 Å². The van der Waals surface area contributed by atoms with Crippen LogP contribution in [-0.2, 0) is 6.42 Å². The molecule has 0 fully saturated rings. The highest BCUT2D eigenvalue weighted by Crippen LogP contribution is 2.23. The summed E-state index contributed by atoms with van der Waals surface area (Å²) in [7, 11) is 0. The maximum absolute atomic E-state index is 13.0. The maximum Gasteiger partial charge on any atom is 0.200 e. The van der Waals surface area contributed by atoms with Crippen molar-refractivity contribution in [2.75, 3.05) is 6.54 Å². The molecule has 0 spiro atoms. The number of hydrogen-bond donors (Lipinski definition) is 1. The van der Waals surface area contributed by atoms with E-state index in [4.69, 9.17) is 5.73 Å². The first-order chi connectivity index (χ1) is 7.00. The van der Waals surface area contributed by atoms with Gasteiger partial charge in [0.1, 0.15) is 0 Å². The van der Waals surface area contributed by atoms with Gasteiger partial charge in [0, 0.05) is 5.56 Å². The van der Waals surface area contributed by atoms with Gasteiger partial charge in [-0.05, 0) is 19.4 Å². The first-order valence-corrected chi connectivity index (χ1v) is 4.21. The molecule has 0 unspecified atom stereocenters. The normalized spacial score (nSPS) is 10.8. The Balaban J connectivity index is 3.26. The van der Waals surface area contributed by atoms with E-state index < -0.39 is 34.6 Å². The molecule has 0 aromatic heterocycles. The van der Waals surface area contributed by atoms with Crippen LogP contribution in [0, 0.1) is 29.1 Å². The lowest BCUT2D eigenvalue weighted by molar-refractivity contribution is 0.369. The van der Waals surface area contributed by atoms with Gasteiger partial charge in [0.15, 0.2) is 23.3 Å². The summed E-state index contributed by atoms with van der Waals surface area (Å²) in [5, 5.41) is 0. The summed E-state index contributed by atoms with van der Waals surface area (Å²) < 4.78 is 63.8. The number of nitrogens with two attached hydrogens (primary N) is 1. The van der Waals surface area contributed by atoms with Gasteiger partial charge in [0.25, 0.3) is 0 Å². The summed E-state index contributed by atoms with van der Waals surface area (Å²) in [6, 6.07) is 0. The molecule has 0 heterocycles. The van der Waals surface area contributed by atoms with E-state index in [-0.39, 0.29) is 19.4 Å². The predicted molar refractivity (Wildman–Crippen MR) is 43.6 cm³/mol. The summed E-state index contributed by atoms with van der Waals surface area (Å²) in [5.41, 5.74) is 4.27. The molecular weight excluding hydrogens is 217 g/mol. The molecular formula is C9H8F5N. The van der Waals surface area contributed by atoms with Crippen LogP contribution >= 0.6 is 0 Å². The van der Waals surface area contributed by atoms with Crippen LogP contribution in [0.1, 0.15) is 12.0 Å². The molecule has 0 bridgehead atoms. The topological polar surface area (TPSA) is 26.0 Å². The molecule has 0 aliphatic rings. The molecule has 2 N–H and O–H groups in total. The van der Waals surface area contributed by atoms with Gasteiger partial charge in [-0.25, -0.2) is 22.0 Å². The van der Waals surface area contributed by atoms with Crippen LogP contribution in [0.2, 0.25) is 0 Å². The van der Waals surface area contributed by atoms with E-state index in [2.05, 4.69) is 0 Å². The van der Waals surface area contributed by atoms with Gasteiger partial charge >= 0.3 is 0 Å². The average Bonchev–Trinajstić information content (AvgIpc) is 2.24. The minimum atomic E-state index is -2.14. The highest BCUT2D eigenvalue weighted by molar-refractivity contribution is 5.24. The van der Waals surface area contributed by atoms with Crippen LogP contribution in [0.25, 0.3) is 0 Å². The number of hydrogen-bond acceptors (Lipinski definition) is 1. The molecule has 1 rings (SSSR count). The van der Waals surface area contributed by atoms with Crippen molar-refractivity contribution in [3.8, 4) is 0 Å². The molecule has 0 aliphatic carbocycles. The Bertz CT molecular complexity index is 348. The largest absolute Gasteiger partial charge is 0.330 e. The third-order valence-electron chi connectivity index (χ3n) is 1.93. The molecule has 1 aromatic carbocycles. The molecule has 0 saturated carbocycles. The summed E-state index contributed by atoms with van der Waals surface area (Å²) >= 11 is 0. The number of halogens is 5. The monoisotopic (exact) mass is 225 g/mol. The highest BCUT2D eigenvalue weighted by Gasteiger charge is 2.24. The van der Waals surface area contributed by atoms with Gasteiger partial charge in [0.05, 0.1) is 0 Å². The SMILES string of the molecule is NCCCc1c(F)c(F)c(F)c(F)c1F. The van der Waals surface area contributed by atoms with Crippen LogP contribution in [-0.4, -0.2) is 6.54 Å². The zero-order chi connectivity index (χ0) is 11.6. The average molecular weight is 225 g/mol. The maximum atomic E-state index is 13.0. The molecule has 0 amide bonds. The van der Waals surface area contributed by atoms with Crippen molar-refractivity contribution in [1.82, 2.24) is 0 Å². The number of benzene rings is 1. The standard InChI is InChI=1S/C9H8F5N/c10-5-4(2-1-3-15)6(11)8(13)9(14)7(5)12/h1-3,15H2. The van der Waals surface area contributed by atoms with E-state index in [0.717, 1.165) is 0 Å². The van der Waals surface area contributed by atoms with E-state index in [1.54, 1.807) is 0 Å². The van der Waals surface area contributed by atoms with Gasteiger partial charge in [-0.15, -0.1) is 0 Å². The second-order valence-electron chi connectivity index (χ2n) is 2.94. The van der Waals surface area contributed by atoms with E-state index in [9.17, 15) is 22.0 Å². The van der Waals surface area contributed by atoms with E-state index in [1.165, 1.54) is 0 Å².